The van der Waals surface area contributed by atoms with Crippen molar-refractivity contribution in [2.75, 3.05) is 5.32 Å². The number of nitrogens with zero attached hydrogens (tertiary/aromatic N) is 2. The van der Waals surface area contributed by atoms with Crippen LogP contribution < -0.4 is 5.32 Å². The third-order valence-corrected chi connectivity index (χ3v) is 5.49. The first kappa shape index (κ1) is 18.7. The lowest BCUT2D eigenvalue weighted by Gasteiger charge is -2.02. The molecule has 1 N–H and O–H groups in total. The maximum Gasteiger partial charge on any atom is 0.270 e. The number of non-ortho nitro benzene ring substituents is 1. The number of benzene rings is 2. The Balaban J connectivity index is 1.56. The van der Waals surface area contributed by atoms with Crippen LogP contribution in [0.1, 0.15) is 0 Å². The van der Waals surface area contributed by atoms with E-state index in [9.17, 15) is 10.1 Å². The van der Waals surface area contributed by atoms with Crippen LogP contribution in [0.3, 0.4) is 0 Å². The molecule has 0 spiro atoms. The number of halogens is 2. The predicted octanol–water partition coefficient (Wildman–Crippen LogP) is 7.14. The SMILES string of the molecule is O=[N+]([O-])c1ccc(-c2ccc(-c3csc(Nc4ccc(Br)cc4)n3)o2)c(Cl)c1. The van der Waals surface area contributed by atoms with Crippen molar-refractivity contribution in [3.8, 4) is 22.8 Å². The molecule has 0 saturated heterocycles. The van der Waals surface area contributed by atoms with Crippen molar-refractivity contribution in [1.82, 2.24) is 4.98 Å². The Morgan fingerprint density at radius 3 is 2.57 bits per heavy atom. The number of thiazole rings is 1. The highest BCUT2D eigenvalue weighted by Gasteiger charge is 2.15. The van der Waals surface area contributed by atoms with Gasteiger partial charge in [-0.05, 0) is 42.5 Å². The molecule has 0 unspecified atom stereocenters. The Kier molecular flexibility index (Phi) is 5.17. The summed E-state index contributed by atoms with van der Waals surface area (Å²) in [6.45, 7) is 0. The quantitative estimate of drug-likeness (QED) is 0.244. The summed E-state index contributed by atoms with van der Waals surface area (Å²) < 4.78 is 6.88. The van der Waals surface area contributed by atoms with E-state index in [1.165, 1.54) is 23.5 Å². The smallest absolute Gasteiger partial charge is 0.270 e. The third kappa shape index (κ3) is 3.94. The molecule has 0 aliphatic heterocycles. The van der Waals surface area contributed by atoms with Gasteiger partial charge in [-0.3, -0.25) is 10.1 Å². The summed E-state index contributed by atoms with van der Waals surface area (Å²) in [7, 11) is 0. The van der Waals surface area contributed by atoms with Crippen molar-refractivity contribution >= 4 is 55.4 Å². The zero-order valence-corrected chi connectivity index (χ0v) is 17.2. The summed E-state index contributed by atoms with van der Waals surface area (Å²) in [5.74, 6) is 1.11. The van der Waals surface area contributed by atoms with E-state index in [2.05, 4.69) is 26.2 Å². The number of nitro benzene ring substituents is 1. The largest absolute Gasteiger partial charge is 0.454 e. The summed E-state index contributed by atoms with van der Waals surface area (Å²) in [5.41, 5.74) is 2.14. The summed E-state index contributed by atoms with van der Waals surface area (Å²) >= 11 is 11.0. The van der Waals surface area contributed by atoms with Crippen molar-refractivity contribution in [1.29, 1.82) is 0 Å². The number of anilines is 2. The van der Waals surface area contributed by atoms with E-state index in [4.69, 9.17) is 16.0 Å². The highest BCUT2D eigenvalue weighted by Crippen LogP contribution is 2.35. The van der Waals surface area contributed by atoms with Gasteiger partial charge in [0.25, 0.3) is 5.69 Å². The molecule has 4 rings (SSSR count). The van der Waals surface area contributed by atoms with Gasteiger partial charge in [0.2, 0.25) is 0 Å². The van der Waals surface area contributed by atoms with Gasteiger partial charge in [0.1, 0.15) is 11.5 Å². The zero-order valence-electron chi connectivity index (χ0n) is 14.1. The molecule has 0 atom stereocenters. The molecule has 0 aliphatic carbocycles. The van der Waals surface area contributed by atoms with Crippen LogP contribution in [0.2, 0.25) is 5.02 Å². The van der Waals surface area contributed by atoms with E-state index in [1.54, 1.807) is 18.2 Å². The standard InChI is InChI=1S/C19H11BrClN3O3S/c20-11-1-3-12(4-2-11)22-19-23-16(10-28-19)18-8-7-17(27-18)14-6-5-13(24(25)26)9-15(14)21/h1-10H,(H,22,23). The van der Waals surface area contributed by atoms with Crippen LogP contribution in [0.25, 0.3) is 22.8 Å². The fraction of sp³-hybridized carbons (Fsp3) is 0. The molecule has 0 bridgehead atoms. The first-order valence-corrected chi connectivity index (χ1v) is 10.1. The molecular weight excluding hydrogens is 466 g/mol. The first-order valence-electron chi connectivity index (χ1n) is 8.02. The minimum Gasteiger partial charge on any atom is -0.454 e. The van der Waals surface area contributed by atoms with Gasteiger partial charge < -0.3 is 9.73 Å². The van der Waals surface area contributed by atoms with Crippen LogP contribution in [-0.4, -0.2) is 9.91 Å². The number of hydrogen-bond donors (Lipinski definition) is 1. The van der Waals surface area contributed by atoms with Crippen LogP contribution in [0, 0.1) is 10.1 Å². The lowest BCUT2D eigenvalue weighted by molar-refractivity contribution is -0.384. The number of nitrogens with one attached hydrogen (secondary N) is 1. The van der Waals surface area contributed by atoms with E-state index in [0.717, 1.165) is 15.3 Å². The molecule has 0 radical (unpaired) electrons. The number of aromatic nitrogens is 1. The predicted molar refractivity (Wildman–Crippen MR) is 114 cm³/mol. The molecule has 2 aromatic heterocycles. The summed E-state index contributed by atoms with van der Waals surface area (Å²) in [5, 5.41) is 17.0. The van der Waals surface area contributed by atoms with Gasteiger partial charge in [0, 0.05) is 33.2 Å². The average Bonchev–Trinajstić information content (AvgIpc) is 3.33. The van der Waals surface area contributed by atoms with E-state index in [1.807, 2.05) is 29.6 Å². The second kappa shape index (κ2) is 7.75. The summed E-state index contributed by atoms with van der Waals surface area (Å²) in [4.78, 5) is 14.9. The van der Waals surface area contributed by atoms with Crippen LogP contribution in [0.5, 0.6) is 0 Å². The maximum atomic E-state index is 10.8. The van der Waals surface area contributed by atoms with Gasteiger partial charge in [0.05, 0.1) is 9.95 Å². The summed E-state index contributed by atoms with van der Waals surface area (Å²) in [6, 6.07) is 15.6. The fourth-order valence-electron chi connectivity index (χ4n) is 2.54. The van der Waals surface area contributed by atoms with Gasteiger partial charge in [-0.1, -0.05) is 27.5 Å². The topological polar surface area (TPSA) is 81.2 Å². The number of furan rings is 1. The van der Waals surface area contributed by atoms with E-state index < -0.39 is 4.92 Å². The summed E-state index contributed by atoms with van der Waals surface area (Å²) in [6.07, 6.45) is 0. The minimum absolute atomic E-state index is 0.0660. The minimum atomic E-state index is -0.488. The van der Waals surface area contributed by atoms with Crippen LogP contribution in [0.15, 0.2) is 68.9 Å². The molecular formula is C19H11BrClN3O3S. The molecule has 2 aromatic carbocycles. The van der Waals surface area contributed by atoms with Crippen LogP contribution in [-0.2, 0) is 0 Å². The van der Waals surface area contributed by atoms with E-state index in [0.29, 0.717) is 22.8 Å². The Hall–Kier alpha value is -2.68. The first-order chi connectivity index (χ1) is 13.5. The molecule has 6 nitrogen and oxygen atoms in total. The van der Waals surface area contributed by atoms with E-state index >= 15 is 0 Å². The Bertz CT molecular complexity index is 1160. The van der Waals surface area contributed by atoms with Crippen LogP contribution >= 0.6 is 38.9 Å². The van der Waals surface area contributed by atoms with Crippen molar-refractivity contribution in [2.24, 2.45) is 0 Å². The van der Waals surface area contributed by atoms with Gasteiger partial charge >= 0.3 is 0 Å². The van der Waals surface area contributed by atoms with Crippen molar-refractivity contribution in [2.45, 2.75) is 0 Å². The molecule has 0 amide bonds. The Morgan fingerprint density at radius 1 is 1.11 bits per heavy atom. The molecule has 2 heterocycles. The number of nitro groups is 1. The lowest BCUT2D eigenvalue weighted by Crippen LogP contribution is -1.88. The monoisotopic (exact) mass is 475 g/mol. The third-order valence-electron chi connectivity index (χ3n) is 3.89. The van der Waals surface area contributed by atoms with Gasteiger partial charge in [-0.15, -0.1) is 11.3 Å². The molecule has 140 valence electrons. The van der Waals surface area contributed by atoms with Gasteiger partial charge in [-0.2, -0.15) is 0 Å². The normalized spacial score (nSPS) is 10.8. The number of rotatable bonds is 5. The molecule has 0 aliphatic rings. The molecule has 28 heavy (non-hydrogen) atoms. The molecule has 0 saturated carbocycles. The van der Waals surface area contributed by atoms with Crippen molar-refractivity contribution in [3.63, 3.8) is 0 Å². The Labute approximate surface area is 177 Å². The molecule has 9 heteroatoms. The van der Waals surface area contributed by atoms with Crippen LogP contribution in [0.4, 0.5) is 16.5 Å². The lowest BCUT2D eigenvalue weighted by atomic mass is 10.1. The second-order valence-electron chi connectivity index (χ2n) is 5.75. The fourth-order valence-corrected chi connectivity index (χ4v) is 3.79. The van der Waals surface area contributed by atoms with Gasteiger partial charge in [-0.25, -0.2) is 4.98 Å². The average molecular weight is 477 g/mol. The molecule has 4 aromatic rings. The Morgan fingerprint density at radius 2 is 1.86 bits per heavy atom. The second-order valence-corrected chi connectivity index (χ2v) is 7.94. The zero-order chi connectivity index (χ0) is 19.7. The van der Waals surface area contributed by atoms with Crippen molar-refractivity contribution < 1.29 is 9.34 Å². The molecule has 0 fully saturated rings. The van der Waals surface area contributed by atoms with E-state index in [-0.39, 0.29) is 10.7 Å². The van der Waals surface area contributed by atoms with Gasteiger partial charge in [0.15, 0.2) is 10.9 Å². The number of hydrogen-bond acceptors (Lipinski definition) is 6. The maximum absolute atomic E-state index is 10.8. The highest BCUT2D eigenvalue weighted by atomic mass is 79.9. The van der Waals surface area contributed by atoms with Crippen molar-refractivity contribution in [3.05, 3.63) is 79.6 Å². The highest BCUT2D eigenvalue weighted by molar-refractivity contribution is 9.10.